The summed E-state index contributed by atoms with van der Waals surface area (Å²) in [6.07, 6.45) is 3.03. The number of carbonyl (C=O) groups excluding carboxylic acids is 1. The lowest BCUT2D eigenvalue weighted by Gasteiger charge is -2.09. The summed E-state index contributed by atoms with van der Waals surface area (Å²) < 4.78 is 0. The molecule has 2 heteroatoms. The molecule has 0 amide bonds. The summed E-state index contributed by atoms with van der Waals surface area (Å²) in [5.41, 5.74) is 3.64. The highest BCUT2D eigenvalue weighted by molar-refractivity contribution is 5.83. The van der Waals surface area contributed by atoms with Crippen LogP contribution < -0.4 is 5.32 Å². The fourth-order valence-electron chi connectivity index (χ4n) is 1.93. The highest BCUT2D eigenvalue weighted by Gasteiger charge is 2.21. The lowest BCUT2D eigenvalue weighted by Crippen LogP contribution is -2.26. The van der Waals surface area contributed by atoms with Crippen molar-refractivity contribution in [3.05, 3.63) is 34.9 Å². The third-order valence-electron chi connectivity index (χ3n) is 3.18. The summed E-state index contributed by atoms with van der Waals surface area (Å²) >= 11 is 0. The third-order valence-corrected chi connectivity index (χ3v) is 3.18. The van der Waals surface area contributed by atoms with Crippen molar-refractivity contribution < 1.29 is 4.79 Å². The van der Waals surface area contributed by atoms with E-state index in [-0.39, 0.29) is 0 Å². The zero-order valence-electron chi connectivity index (χ0n) is 10.0. The third kappa shape index (κ3) is 2.92. The van der Waals surface area contributed by atoms with Gasteiger partial charge in [-0.3, -0.25) is 4.79 Å². The van der Waals surface area contributed by atoms with Crippen LogP contribution in [0.5, 0.6) is 0 Å². The quantitative estimate of drug-likeness (QED) is 0.819. The summed E-state index contributed by atoms with van der Waals surface area (Å²) in [6, 6.07) is 6.80. The molecule has 2 nitrogen and oxygen atoms in total. The number of aryl methyl sites for hydroxylation is 2. The van der Waals surface area contributed by atoms with Gasteiger partial charge in [-0.25, -0.2) is 0 Å². The van der Waals surface area contributed by atoms with Crippen molar-refractivity contribution in [3.8, 4) is 0 Å². The predicted molar refractivity (Wildman–Crippen MR) is 65.7 cm³/mol. The zero-order chi connectivity index (χ0) is 11.5. The number of hydrogen-bond donors (Lipinski definition) is 1. The smallest absolute Gasteiger partial charge is 0.150 e. The molecule has 0 aromatic heterocycles. The number of nitrogens with one attached hydrogen (secondary N) is 1. The Morgan fingerprint density at radius 2 is 1.94 bits per heavy atom. The highest BCUT2D eigenvalue weighted by atomic mass is 16.1. The van der Waals surface area contributed by atoms with Gasteiger partial charge in [0.25, 0.3) is 0 Å². The molecular weight excluding hydrogens is 198 g/mol. The average molecular weight is 217 g/mol. The molecule has 0 unspecified atom stereocenters. The second-order valence-electron chi connectivity index (χ2n) is 4.74. The predicted octanol–water partition coefficient (Wildman–Crippen LogP) is 2.17. The van der Waals surface area contributed by atoms with Crippen LogP contribution in [0.4, 0.5) is 0 Å². The molecule has 0 spiro atoms. The number of hydrogen-bond acceptors (Lipinski definition) is 2. The Balaban J connectivity index is 1.93. The van der Waals surface area contributed by atoms with Crippen molar-refractivity contribution in [2.75, 3.05) is 6.54 Å². The largest absolute Gasteiger partial charge is 0.307 e. The van der Waals surface area contributed by atoms with Gasteiger partial charge in [-0.1, -0.05) is 18.2 Å². The second-order valence-corrected chi connectivity index (χ2v) is 4.74. The summed E-state index contributed by atoms with van der Waals surface area (Å²) in [7, 11) is 0. The van der Waals surface area contributed by atoms with Gasteiger partial charge >= 0.3 is 0 Å². The molecular formula is C14H19NO. The van der Waals surface area contributed by atoms with Crippen molar-refractivity contribution in [1.29, 1.82) is 0 Å². The van der Waals surface area contributed by atoms with E-state index in [4.69, 9.17) is 0 Å². The van der Waals surface area contributed by atoms with Crippen molar-refractivity contribution in [1.82, 2.24) is 5.32 Å². The van der Waals surface area contributed by atoms with Crippen molar-refractivity contribution in [2.24, 2.45) is 0 Å². The first kappa shape index (κ1) is 11.3. The van der Waals surface area contributed by atoms with Gasteiger partial charge in [-0.2, -0.15) is 0 Å². The van der Waals surface area contributed by atoms with Crippen LogP contribution in [0.2, 0.25) is 0 Å². The zero-order valence-corrected chi connectivity index (χ0v) is 10.0. The minimum absolute atomic E-state index is 0.296. The molecule has 0 saturated heterocycles. The number of ketones is 1. The van der Waals surface area contributed by atoms with Gasteiger partial charge in [-0.15, -0.1) is 0 Å². The number of carbonyl (C=O) groups is 1. The van der Waals surface area contributed by atoms with Crippen LogP contribution in [0.3, 0.4) is 0 Å². The molecule has 86 valence electrons. The van der Waals surface area contributed by atoms with E-state index >= 15 is 0 Å². The fraction of sp³-hybridized carbons (Fsp3) is 0.500. The van der Waals surface area contributed by atoms with Gasteiger partial charge in [0, 0.05) is 12.5 Å². The summed E-state index contributed by atoms with van der Waals surface area (Å²) in [5, 5.41) is 3.27. The van der Waals surface area contributed by atoms with Crippen molar-refractivity contribution in [3.63, 3.8) is 0 Å². The molecule has 0 aliphatic heterocycles. The molecule has 1 aliphatic rings. The molecule has 1 N–H and O–H groups in total. The Hall–Kier alpha value is -1.15. The topological polar surface area (TPSA) is 29.1 Å². The molecule has 16 heavy (non-hydrogen) atoms. The van der Waals surface area contributed by atoms with Crippen LogP contribution in [-0.2, 0) is 11.2 Å². The van der Waals surface area contributed by atoms with Crippen LogP contribution in [0, 0.1) is 13.8 Å². The van der Waals surface area contributed by atoms with E-state index in [1.54, 1.807) is 0 Å². The molecule has 1 saturated carbocycles. The molecule has 0 bridgehead atoms. The van der Waals surface area contributed by atoms with Gasteiger partial charge in [0.05, 0.1) is 6.54 Å². The van der Waals surface area contributed by atoms with Crippen LogP contribution in [0.1, 0.15) is 29.5 Å². The first-order chi connectivity index (χ1) is 7.66. The van der Waals surface area contributed by atoms with Crippen LogP contribution in [0.15, 0.2) is 18.2 Å². The number of Topliss-reactive ketones (excluding diaryl/α,β-unsaturated/α-hetero) is 1. The molecule has 0 atom stereocenters. The molecule has 0 heterocycles. The standard InChI is InChI=1S/C14H19NO/c1-10-4-3-5-11(2)14(10)8-13(16)9-15-12-6-7-12/h3-5,12,15H,6-9H2,1-2H3. The molecule has 1 aliphatic carbocycles. The Bertz CT molecular complexity index is 373. The van der Waals surface area contributed by atoms with E-state index in [9.17, 15) is 4.79 Å². The van der Waals surface area contributed by atoms with Gasteiger partial charge in [0.15, 0.2) is 5.78 Å². The fourth-order valence-corrected chi connectivity index (χ4v) is 1.93. The highest BCUT2D eigenvalue weighted by Crippen LogP contribution is 2.18. The maximum atomic E-state index is 11.8. The first-order valence-electron chi connectivity index (χ1n) is 5.97. The summed E-state index contributed by atoms with van der Waals surface area (Å²) in [5.74, 6) is 0.296. The maximum absolute atomic E-state index is 11.8. The van der Waals surface area contributed by atoms with Crippen LogP contribution in [-0.4, -0.2) is 18.4 Å². The summed E-state index contributed by atoms with van der Waals surface area (Å²) in [6.45, 7) is 4.67. The molecule has 1 fully saturated rings. The lowest BCUT2D eigenvalue weighted by atomic mass is 9.98. The minimum atomic E-state index is 0.296. The van der Waals surface area contributed by atoms with E-state index in [1.807, 2.05) is 6.07 Å². The van der Waals surface area contributed by atoms with E-state index in [0.717, 1.165) is 0 Å². The molecule has 0 radical (unpaired) electrons. The minimum Gasteiger partial charge on any atom is -0.307 e. The maximum Gasteiger partial charge on any atom is 0.150 e. The normalized spacial score (nSPS) is 15.1. The average Bonchev–Trinajstić information content (AvgIpc) is 3.04. The Morgan fingerprint density at radius 3 is 2.50 bits per heavy atom. The lowest BCUT2D eigenvalue weighted by molar-refractivity contribution is -0.117. The van der Waals surface area contributed by atoms with Gasteiger partial charge < -0.3 is 5.32 Å². The van der Waals surface area contributed by atoms with Gasteiger partial charge in [-0.05, 0) is 43.4 Å². The van der Waals surface area contributed by atoms with Crippen LogP contribution >= 0.6 is 0 Å². The molecule has 2 rings (SSSR count). The molecule has 1 aromatic rings. The monoisotopic (exact) mass is 217 g/mol. The Kier molecular flexibility index (Phi) is 3.39. The van der Waals surface area contributed by atoms with Crippen molar-refractivity contribution in [2.45, 2.75) is 39.2 Å². The first-order valence-corrected chi connectivity index (χ1v) is 5.97. The van der Waals surface area contributed by atoms with E-state index in [1.165, 1.54) is 29.5 Å². The Morgan fingerprint density at radius 1 is 1.31 bits per heavy atom. The van der Waals surface area contributed by atoms with E-state index in [2.05, 4.69) is 31.3 Å². The Labute approximate surface area is 97.1 Å². The van der Waals surface area contributed by atoms with Crippen molar-refractivity contribution >= 4 is 5.78 Å². The van der Waals surface area contributed by atoms with E-state index in [0.29, 0.717) is 24.8 Å². The number of rotatable bonds is 5. The van der Waals surface area contributed by atoms with E-state index < -0.39 is 0 Å². The molecule has 1 aromatic carbocycles. The van der Waals surface area contributed by atoms with Gasteiger partial charge in [0.2, 0.25) is 0 Å². The SMILES string of the molecule is Cc1cccc(C)c1CC(=O)CNC1CC1. The summed E-state index contributed by atoms with van der Waals surface area (Å²) in [4.78, 5) is 11.8. The van der Waals surface area contributed by atoms with Gasteiger partial charge in [0.1, 0.15) is 0 Å². The number of benzene rings is 1. The second kappa shape index (κ2) is 4.79. The van der Waals surface area contributed by atoms with Crippen LogP contribution in [0.25, 0.3) is 0 Å².